The SMILES string of the molecule is CC(=O)N[C@@H](C(=O)NCc1ccc(F)cc1)C1CCCC1. The van der Waals surface area contributed by atoms with Gasteiger partial charge in [-0.05, 0) is 36.5 Å². The molecule has 1 aliphatic carbocycles. The van der Waals surface area contributed by atoms with Gasteiger partial charge in [-0.2, -0.15) is 0 Å². The molecular weight excluding hydrogens is 271 g/mol. The summed E-state index contributed by atoms with van der Waals surface area (Å²) in [4.78, 5) is 23.6. The van der Waals surface area contributed by atoms with Crippen molar-refractivity contribution < 1.29 is 14.0 Å². The molecule has 0 unspecified atom stereocenters. The summed E-state index contributed by atoms with van der Waals surface area (Å²) >= 11 is 0. The van der Waals surface area contributed by atoms with Gasteiger partial charge < -0.3 is 10.6 Å². The Morgan fingerprint density at radius 2 is 1.86 bits per heavy atom. The third-order valence-corrected chi connectivity index (χ3v) is 3.89. The highest BCUT2D eigenvalue weighted by molar-refractivity contribution is 5.87. The van der Waals surface area contributed by atoms with E-state index in [0.717, 1.165) is 31.2 Å². The third-order valence-electron chi connectivity index (χ3n) is 3.89. The normalized spacial score (nSPS) is 16.5. The zero-order chi connectivity index (χ0) is 15.2. The Kier molecular flexibility index (Phi) is 5.31. The van der Waals surface area contributed by atoms with Gasteiger partial charge in [-0.15, -0.1) is 0 Å². The van der Waals surface area contributed by atoms with Gasteiger partial charge in [0.05, 0.1) is 0 Å². The van der Waals surface area contributed by atoms with Gasteiger partial charge in [0.15, 0.2) is 0 Å². The summed E-state index contributed by atoms with van der Waals surface area (Å²) < 4.78 is 12.8. The molecule has 0 aliphatic heterocycles. The first-order valence-electron chi connectivity index (χ1n) is 7.35. The summed E-state index contributed by atoms with van der Waals surface area (Å²) in [5.74, 6) is -0.445. The van der Waals surface area contributed by atoms with Crippen LogP contribution in [0.2, 0.25) is 0 Å². The zero-order valence-corrected chi connectivity index (χ0v) is 12.2. The van der Waals surface area contributed by atoms with Crippen molar-refractivity contribution in [3.05, 3.63) is 35.6 Å². The van der Waals surface area contributed by atoms with Crippen LogP contribution in [0, 0.1) is 11.7 Å². The average Bonchev–Trinajstić information content (AvgIpc) is 2.97. The molecule has 0 spiro atoms. The van der Waals surface area contributed by atoms with Crippen molar-refractivity contribution >= 4 is 11.8 Å². The number of benzene rings is 1. The molecule has 0 bridgehead atoms. The van der Waals surface area contributed by atoms with E-state index in [-0.39, 0.29) is 23.5 Å². The van der Waals surface area contributed by atoms with Crippen LogP contribution in [0.4, 0.5) is 4.39 Å². The minimum atomic E-state index is -0.467. The summed E-state index contributed by atoms with van der Waals surface area (Å²) in [5, 5.41) is 5.58. The number of amides is 2. The van der Waals surface area contributed by atoms with Gasteiger partial charge in [-0.3, -0.25) is 9.59 Å². The molecule has 1 atom stereocenters. The van der Waals surface area contributed by atoms with E-state index in [0.29, 0.717) is 6.54 Å². The monoisotopic (exact) mass is 292 g/mol. The maximum Gasteiger partial charge on any atom is 0.243 e. The molecule has 2 rings (SSSR count). The molecule has 1 aliphatic rings. The first-order valence-corrected chi connectivity index (χ1v) is 7.35. The van der Waals surface area contributed by atoms with Crippen LogP contribution in [0.5, 0.6) is 0 Å². The van der Waals surface area contributed by atoms with Crippen molar-refractivity contribution in [1.29, 1.82) is 0 Å². The van der Waals surface area contributed by atoms with Crippen LogP contribution in [-0.2, 0) is 16.1 Å². The molecule has 1 saturated carbocycles. The van der Waals surface area contributed by atoms with Crippen molar-refractivity contribution in [3.8, 4) is 0 Å². The summed E-state index contributed by atoms with van der Waals surface area (Å²) in [6, 6.07) is 5.54. The highest BCUT2D eigenvalue weighted by Gasteiger charge is 2.31. The lowest BCUT2D eigenvalue weighted by atomic mass is 9.97. The zero-order valence-electron chi connectivity index (χ0n) is 12.2. The predicted molar refractivity (Wildman–Crippen MR) is 77.8 cm³/mol. The molecule has 0 saturated heterocycles. The number of hydrogen-bond acceptors (Lipinski definition) is 2. The lowest BCUT2D eigenvalue weighted by molar-refractivity contribution is -0.129. The van der Waals surface area contributed by atoms with Crippen LogP contribution in [0.1, 0.15) is 38.2 Å². The number of halogens is 1. The Morgan fingerprint density at radius 1 is 1.24 bits per heavy atom. The lowest BCUT2D eigenvalue weighted by Gasteiger charge is -2.23. The number of rotatable bonds is 5. The Bertz CT molecular complexity index is 496. The van der Waals surface area contributed by atoms with Crippen molar-refractivity contribution in [2.45, 2.75) is 45.2 Å². The van der Waals surface area contributed by atoms with E-state index >= 15 is 0 Å². The number of nitrogens with one attached hydrogen (secondary N) is 2. The first-order chi connectivity index (χ1) is 10.1. The van der Waals surface area contributed by atoms with Crippen molar-refractivity contribution in [3.63, 3.8) is 0 Å². The van der Waals surface area contributed by atoms with E-state index in [1.807, 2.05) is 0 Å². The smallest absolute Gasteiger partial charge is 0.243 e. The third kappa shape index (κ3) is 4.55. The highest BCUT2D eigenvalue weighted by Crippen LogP contribution is 2.27. The highest BCUT2D eigenvalue weighted by atomic mass is 19.1. The fourth-order valence-electron chi connectivity index (χ4n) is 2.81. The summed E-state index contributed by atoms with van der Waals surface area (Å²) in [5.41, 5.74) is 0.831. The topological polar surface area (TPSA) is 58.2 Å². The molecular formula is C16H21FN2O2. The minimum absolute atomic E-state index is 0.165. The number of carbonyl (C=O) groups is 2. The van der Waals surface area contributed by atoms with E-state index in [9.17, 15) is 14.0 Å². The Hall–Kier alpha value is -1.91. The molecule has 2 N–H and O–H groups in total. The van der Waals surface area contributed by atoms with E-state index in [2.05, 4.69) is 10.6 Å². The fraction of sp³-hybridized carbons (Fsp3) is 0.500. The van der Waals surface area contributed by atoms with Crippen molar-refractivity contribution in [1.82, 2.24) is 10.6 Å². The van der Waals surface area contributed by atoms with E-state index in [4.69, 9.17) is 0 Å². The van der Waals surface area contributed by atoms with Gasteiger partial charge in [0.25, 0.3) is 0 Å². The molecule has 1 aromatic rings. The van der Waals surface area contributed by atoms with Crippen LogP contribution < -0.4 is 10.6 Å². The van der Waals surface area contributed by atoms with Gasteiger partial charge in [-0.1, -0.05) is 25.0 Å². The molecule has 2 amide bonds. The van der Waals surface area contributed by atoms with Crippen LogP contribution in [0.25, 0.3) is 0 Å². The lowest BCUT2D eigenvalue weighted by Crippen LogP contribution is -2.49. The van der Waals surface area contributed by atoms with E-state index < -0.39 is 6.04 Å². The maximum absolute atomic E-state index is 12.8. The van der Waals surface area contributed by atoms with Gasteiger partial charge in [-0.25, -0.2) is 4.39 Å². The fourth-order valence-corrected chi connectivity index (χ4v) is 2.81. The number of carbonyl (C=O) groups excluding carboxylic acids is 2. The Balaban J connectivity index is 1.94. The Labute approximate surface area is 124 Å². The molecule has 1 aromatic carbocycles. The van der Waals surface area contributed by atoms with Gasteiger partial charge in [0, 0.05) is 13.5 Å². The molecule has 0 heterocycles. The first kappa shape index (κ1) is 15.5. The van der Waals surface area contributed by atoms with Crippen molar-refractivity contribution in [2.24, 2.45) is 5.92 Å². The van der Waals surface area contributed by atoms with Crippen LogP contribution in [-0.4, -0.2) is 17.9 Å². The second-order valence-corrected chi connectivity index (χ2v) is 5.57. The molecule has 114 valence electrons. The second-order valence-electron chi connectivity index (χ2n) is 5.57. The summed E-state index contributed by atoms with van der Waals surface area (Å²) in [7, 11) is 0. The quantitative estimate of drug-likeness (QED) is 0.873. The molecule has 0 radical (unpaired) electrons. The summed E-state index contributed by atoms with van der Waals surface area (Å²) in [6.07, 6.45) is 4.14. The van der Waals surface area contributed by atoms with Crippen LogP contribution >= 0.6 is 0 Å². The summed E-state index contributed by atoms with van der Waals surface area (Å²) in [6.45, 7) is 1.76. The van der Waals surface area contributed by atoms with Crippen LogP contribution in [0.3, 0.4) is 0 Å². The molecule has 0 aromatic heterocycles. The van der Waals surface area contributed by atoms with Crippen molar-refractivity contribution in [2.75, 3.05) is 0 Å². The van der Waals surface area contributed by atoms with Gasteiger partial charge in [0.2, 0.25) is 11.8 Å². The van der Waals surface area contributed by atoms with E-state index in [1.54, 1.807) is 12.1 Å². The molecule has 1 fully saturated rings. The van der Waals surface area contributed by atoms with Crippen LogP contribution in [0.15, 0.2) is 24.3 Å². The molecule has 4 nitrogen and oxygen atoms in total. The second kappa shape index (κ2) is 7.20. The van der Waals surface area contributed by atoms with Gasteiger partial charge >= 0.3 is 0 Å². The number of hydrogen-bond donors (Lipinski definition) is 2. The Morgan fingerprint density at radius 3 is 2.43 bits per heavy atom. The molecule has 21 heavy (non-hydrogen) atoms. The standard InChI is InChI=1S/C16H21FN2O2/c1-11(20)19-15(13-4-2-3-5-13)16(21)18-10-12-6-8-14(17)9-7-12/h6-9,13,15H,2-5,10H2,1H3,(H,18,21)(H,19,20)/t15-/m1/s1. The minimum Gasteiger partial charge on any atom is -0.350 e. The predicted octanol–water partition coefficient (Wildman–Crippen LogP) is 2.14. The van der Waals surface area contributed by atoms with Gasteiger partial charge in [0.1, 0.15) is 11.9 Å². The average molecular weight is 292 g/mol. The van der Waals surface area contributed by atoms with E-state index in [1.165, 1.54) is 19.1 Å². The maximum atomic E-state index is 12.8. The molecule has 5 heteroatoms. The largest absolute Gasteiger partial charge is 0.350 e.